The number of aromatic nitrogens is 2. The van der Waals surface area contributed by atoms with Gasteiger partial charge in [-0.05, 0) is 72.6 Å². The van der Waals surface area contributed by atoms with Crippen LogP contribution in [0.2, 0.25) is 0 Å². The summed E-state index contributed by atoms with van der Waals surface area (Å²) in [6, 6.07) is 3.97. The predicted molar refractivity (Wildman–Crippen MR) is 161 cm³/mol. The van der Waals surface area contributed by atoms with E-state index in [4.69, 9.17) is 0 Å². The van der Waals surface area contributed by atoms with E-state index in [0.717, 1.165) is 10.6 Å². The van der Waals surface area contributed by atoms with E-state index >= 15 is 4.39 Å². The molecule has 13 heteroatoms. The van der Waals surface area contributed by atoms with Crippen molar-refractivity contribution in [3.8, 4) is 11.1 Å². The second-order valence-corrected chi connectivity index (χ2v) is 12.3. The summed E-state index contributed by atoms with van der Waals surface area (Å²) in [7, 11) is 0. The lowest BCUT2D eigenvalue weighted by atomic mass is 9.90. The predicted octanol–water partition coefficient (Wildman–Crippen LogP) is 5.80. The molecule has 0 saturated carbocycles. The zero-order valence-corrected chi connectivity index (χ0v) is 26.0. The normalized spacial score (nSPS) is 15.4. The van der Waals surface area contributed by atoms with Crippen LogP contribution in [-0.4, -0.2) is 57.2 Å². The molecule has 1 fully saturated rings. The van der Waals surface area contributed by atoms with Crippen LogP contribution in [-0.2, 0) is 22.2 Å². The number of hydrogen-bond donors (Lipinski definition) is 2. The Morgan fingerprint density at radius 1 is 1.13 bits per heavy atom. The number of carboxylic acids is 1. The van der Waals surface area contributed by atoms with E-state index in [9.17, 15) is 37.1 Å². The SMILES string of the molecule is Cc1cccc(C)c1-c1cc(C(CC(=O)O)NC(=O)C(CC(C)C)n2cc(CCN3CC(F)C3)cnc2=O)c(F)c(C(F)(F)F)c1. The van der Waals surface area contributed by atoms with E-state index in [1.165, 1.54) is 12.4 Å². The second-order valence-electron chi connectivity index (χ2n) is 12.3. The standard InChI is InChI=1S/C33H37F5N4O4/c1-18(2)10-27(42-15-21(14-39-32(42)46)8-9-41-16-23(34)17-41)31(45)40-26(13-28(43)44)24-11-22(12-25(30(24)35)33(36,37)38)29-19(3)6-5-7-20(29)4/h5-7,11-12,14-15,18,23,26-27H,8-10,13,16-17H2,1-4H3,(H,40,45)(H,43,44). The number of aryl methyl sites for hydroxylation is 2. The fraction of sp³-hybridized carbons (Fsp3) is 0.455. The van der Waals surface area contributed by atoms with E-state index in [2.05, 4.69) is 10.3 Å². The summed E-state index contributed by atoms with van der Waals surface area (Å²) < 4.78 is 72.5. The van der Waals surface area contributed by atoms with E-state index in [1.807, 2.05) is 4.90 Å². The molecule has 8 nitrogen and oxygen atoms in total. The number of nitrogens with one attached hydrogen (secondary N) is 1. The van der Waals surface area contributed by atoms with Gasteiger partial charge in [0.05, 0.1) is 18.0 Å². The van der Waals surface area contributed by atoms with Gasteiger partial charge in [0, 0.05) is 37.6 Å². The molecule has 4 rings (SSSR count). The van der Waals surface area contributed by atoms with Gasteiger partial charge in [0.15, 0.2) is 0 Å². The largest absolute Gasteiger partial charge is 0.481 e. The maximum Gasteiger partial charge on any atom is 0.419 e. The molecule has 2 heterocycles. The molecule has 0 aliphatic carbocycles. The molecule has 3 aromatic rings. The first-order valence-electron chi connectivity index (χ1n) is 15.0. The fourth-order valence-electron chi connectivity index (χ4n) is 5.80. The van der Waals surface area contributed by atoms with Crippen LogP contribution in [0, 0.1) is 25.6 Å². The second kappa shape index (κ2) is 14.1. The highest BCUT2D eigenvalue weighted by molar-refractivity contribution is 5.82. The molecule has 2 atom stereocenters. The number of carboxylic acid groups (broad SMARTS) is 1. The Kier molecular flexibility index (Phi) is 10.7. The highest BCUT2D eigenvalue weighted by Gasteiger charge is 2.38. The third-order valence-corrected chi connectivity index (χ3v) is 8.08. The molecule has 0 spiro atoms. The van der Waals surface area contributed by atoms with Gasteiger partial charge in [0.2, 0.25) is 5.91 Å². The van der Waals surface area contributed by atoms with Gasteiger partial charge in [0.1, 0.15) is 18.0 Å². The highest BCUT2D eigenvalue weighted by atomic mass is 19.4. The summed E-state index contributed by atoms with van der Waals surface area (Å²) in [5.41, 5.74) is -0.757. The monoisotopic (exact) mass is 648 g/mol. The van der Waals surface area contributed by atoms with Gasteiger partial charge in [-0.25, -0.2) is 18.6 Å². The van der Waals surface area contributed by atoms with Gasteiger partial charge in [-0.2, -0.15) is 13.2 Å². The Labute approximate surface area is 263 Å². The summed E-state index contributed by atoms with van der Waals surface area (Å²) in [6.07, 6.45) is -3.63. The van der Waals surface area contributed by atoms with Crippen LogP contribution in [0.1, 0.15) is 66.6 Å². The smallest absolute Gasteiger partial charge is 0.419 e. The van der Waals surface area contributed by atoms with Crippen molar-refractivity contribution in [2.75, 3.05) is 19.6 Å². The number of carbonyl (C=O) groups is 2. The minimum absolute atomic E-state index is 0.0112. The Bertz CT molecular complexity index is 1630. The van der Waals surface area contributed by atoms with Crippen molar-refractivity contribution in [2.24, 2.45) is 5.92 Å². The van der Waals surface area contributed by atoms with Crippen LogP contribution in [0.15, 0.2) is 47.5 Å². The number of halogens is 5. The average molecular weight is 649 g/mol. The minimum atomic E-state index is -5.12. The summed E-state index contributed by atoms with van der Waals surface area (Å²) in [4.78, 5) is 44.4. The van der Waals surface area contributed by atoms with Crippen LogP contribution in [0.25, 0.3) is 11.1 Å². The van der Waals surface area contributed by atoms with Crippen LogP contribution < -0.4 is 11.0 Å². The zero-order chi connectivity index (χ0) is 33.9. The number of rotatable bonds is 12. The van der Waals surface area contributed by atoms with Crippen molar-refractivity contribution in [1.29, 1.82) is 0 Å². The number of carbonyl (C=O) groups excluding carboxylic acids is 1. The highest BCUT2D eigenvalue weighted by Crippen LogP contribution is 2.40. The molecular weight excluding hydrogens is 611 g/mol. The van der Waals surface area contributed by atoms with E-state index < -0.39 is 65.4 Å². The average Bonchev–Trinajstić information content (AvgIpc) is 2.93. The van der Waals surface area contributed by atoms with Crippen molar-refractivity contribution < 1.29 is 36.6 Å². The number of amides is 1. The fourth-order valence-corrected chi connectivity index (χ4v) is 5.80. The molecule has 46 heavy (non-hydrogen) atoms. The molecular formula is C33H37F5N4O4. The molecule has 0 bridgehead atoms. The lowest BCUT2D eigenvalue weighted by molar-refractivity contribution is -0.140. The molecule has 248 valence electrons. The maximum absolute atomic E-state index is 15.7. The number of nitrogens with zero attached hydrogens (tertiary/aromatic N) is 3. The molecule has 1 aliphatic heterocycles. The Morgan fingerprint density at radius 2 is 1.78 bits per heavy atom. The molecule has 2 aromatic carbocycles. The number of benzene rings is 2. The van der Waals surface area contributed by atoms with Crippen LogP contribution in [0.3, 0.4) is 0 Å². The van der Waals surface area contributed by atoms with E-state index in [0.29, 0.717) is 54.4 Å². The van der Waals surface area contributed by atoms with Crippen LogP contribution >= 0.6 is 0 Å². The van der Waals surface area contributed by atoms with E-state index in [-0.39, 0.29) is 17.9 Å². The summed E-state index contributed by atoms with van der Waals surface area (Å²) in [5, 5.41) is 12.1. The summed E-state index contributed by atoms with van der Waals surface area (Å²) in [5.74, 6) is -4.22. The maximum atomic E-state index is 15.7. The molecule has 2 N–H and O–H groups in total. The molecule has 1 saturated heterocycles. The van der Waals surface area contributed by atoms with Gasteiger partial charge in [0.25, 0.3) is 0 Å². The number of hydrogen-bond acceptors (Lipinski definition) is 5. The first-order chi connectivity index (χ1) is 21.5. The Hall–Kier alpha value is -4.13. The number of aliphatic carboxylic acids is 1. The summed E-state index contributed by atoms with van der Waals surface area (Å²) >= 11 is 0. The molecule has 1 amide bonds. The molecule has 1 aliphatic rings. The van der Waals surface area contributed by atoms with Gasteiger partial charge in [-0.15, -0.1) is 0 Å². The van der Waals surface area contributed by atoms with Gasteiger partial charge >= 0.3 is 17.8 Å². The van der Waals surface area contributed by atoms with Crippen molar-refractivity contribution in [3.05, 3.63) is 86.8 Å². The quantitative estimate of drug-likeness (QED) is 0.241. The Balaban J connectivity index is 1.76. The first kappa shape index (κ1) is 34.7. The topological polar surface area (TPSA) is 105 Å². The zero-order valence-electron chi connectivity index (χ0n) is 26.0. The van der Waals surface area contributed by atoms with Crippen molar-refractivity contribution in [2.45, 2.75) is 71.4 Å². The van der Waals surface area contributed by atoms with Gasteiger partial charge in [-0.3, -0.25) is 19.1 Å². The Morgan fingerprint density at radius 3 is 2.35 bits per heavy atom. The van der Waals surface area contributed by atoms with Crippen LogP contribution in [0.4, 0.5) is 22.0 Å². The molecule has 1 aromatic heterocycles. The third kappa shape index (κ3) is 8.17. The minimum Gasteiger partial charge on any atom is -0.481 e. The molecule has 2 unspecified atom stereocenters. The van der Waals surface area contributed by atoms with Crippen molar-refractivity contribution in [3.63, 3.8) is 0 Å². The molecule has 0 radical (unpaired) electrons. The lowest BCUT2D eigenvalue weighted by Crippen LogP contribution is -2.49. The number of likely N-dealkylation sites (tertiary alicyclic amines) is 1. The van der Waals surface area contributed by atoms with E-state index in [1.54, 1.807) is 45.9 Å². The van der Waals surface area contributed by atoms with Crippen LogP contribution in [0.5, 0.6) is 0 Å². The van der Waals surface area contributed by atoms with Crippen molar-refractivity contribution in [1.82, 2.24) is 19.8 Å². The lowest BCUT2D eigenvalue weighted by Gasteiger charge is -2.34. The first-order valence-corrected chi connectivity index (χ1v) is 15.0. The van der Waals surface area contributed by atoms with Crippen molar-refractivity contribution >= 4 is 11.9 Å². The summed E-state index contributed by atoms with van der Waals surface area (Å²) in [6.45, 7) is 8.05. The van der Waals surface area contributed by atoms with Gasteiger partial charge in [-0.1, -0.05) is 32.0 Å². The van der Waals surface area contributed by atoms with Gasteiger partial charge < -0.3 is 10.4 Å². The third-order valence-electron chi connectivity index (χ3n) is 8.08. The number of alkyl halides is 4.